The van der Waals surface area contributed by atoms with Crippen molar-refractivity contribution in [2.75, 3.05) is 13.7 Å². The first-order valence-electron chi connectivity index (χ1n) is 10.1. The summed E-state index contributed by atoms with van der Waals surface area (Å²) in [5.41, 5.74) is 5.43. The van der Waals surface area contributed by atoms with E-state index in [1.54, 1.807) is 11.1 Å². The van der Waals surface area contributed by atoms with Gasteiger partial charge in [0.1, 0.15) is 0 Å². The van der Waals surface area contributed by atoms with Gasteiger partial charge in [-0.25, -0.2) is 0 Å². The van der Waals surface area contributed by atoms with Gasteiger partial charge in [0.15, 0.2) is 0 Å². The highest BCUT2D eigenvalue weighted by atomic mass is 16.5. The molecule has 0 saturated heterocycles. The number of rotatable bonds is 3. The minimum Gasteiger partial charge on any atom is -0.393 e. The predicted octanol–water partition coefficient (Wildman–Crippen LogP) is 4.88. The Kier molecular flexibility index (Phi) is 4.41. The van der Waals surface area contributed by atoms with Gasteiger partial charge in [-0.2, -0.15) is 0 Å². The number of allylic oxidation sites excluding steroid dienone is 3. The topological polar surface area (TPSA) is 29.5 Å². The number of hydrogen-bond donors (Lipinski definition) is 1. The third kappa shape index (κ3) is 2.52. The third-order valence-corrected chi connectivity index (χ3v) is 8.15. The molecule has 1 N–H and O–H groups in total. The highest BCUT2D eigenvalue weighted by Gasteiger charge is 2.55. The van der Waals surface area contributed by atoms with E-state index in [1.165, 1.54) is 56.9 Å². The average molecular weight is 331 g/mol. The zero-order valence-corrected chi connectivity index (χ0v) is 15.7. The van der Waals surface area contributed by atoms with Crippen molar-refractivity contribution in [3.05, 3.63) is 22.8 Å². The zero-order chi connectivity index (χ0) is 16.9. The molecule has 2 saturated carbocycles. The van der Waals surface area contributed by atoms with Crippen molar-refractivity contribution < 1.29 is 9.84 Å². The third-order valence-electron chi connectivity index (χ3n) is 8.15. The molecule has 4 aliphatic rings. The van der Waals surface area contributed by atoms with Gasteiger partial charge >= 0.3 is 0 Å². The van der Waals surface area contributed by atoms with Crippen LogP contribution in [-0.4, -0.2) is 24.9 Å². The van der Waals surface area contributed by atoms with Crippen LogP contribution in [0.15, 0.2) is 22.8 Å². The van der Waals surface area contributed by atoms with Crippen LogP contribution in [0.5, 0.6) is 0 Å². The second-order valence-electron chi connectivity index (χ2n) is 9.19. The van der Waals surface area contributed by atoms with Crippen LogP contribution in [0.2, 0.25) is 0 Å². The van der Waals surface area contributed by atoms with Gasteiger partial charge in [0.05, 0.1) is 12.7 Å². The molecule has 134 valence electrons. The summed E-state index contributed by atoms with van der Waals surface area (Å²) in [6.07, 6.45) is 12.6. The van der Waals surface area contributed by atoms with Crippen molar-refractivity contribution in [1.29, 1.82) is 0 Å². The van der Waals surface area contributed by atoms with Crippen LogP contribution >= 0.6 is 0 Å². The van der Waals surface area contributed by atoms with Crippen LogP contribution in [0.4, 0.5) is 0 Å². The highest BCUT2D eigenvalue weighted by Crippen LogP contribution is 2.63. The van der Waals surface area contributed by atoms with Crippen molar-refractivity contribution in [1.82, 2.24) is 0 Å². The lowest BCUT2D eigenvalue weighted by atomic mass is 9.53. The van der Waals surface area contributed by atoms with E-state index in [0.29, 0.717) is 11.3 Å². The maximum absolute atomic E-state index is 10.3. The lowest BCUT2D eigenvalue weighted by Crippen LogP contribution is -2.45. The summed E-state index contributed by atoms with van der Waals surface area (Å²) in [6, 6.07) is 0. The minimum atomic E-state index is -0.135. The lowest BCUT2D eigenvalue weighted by Gasteiger charge is -2.52. The summed E-state index contributed by atoms with van der Waals surface area (Å²) < 4.78 is 5.36. The van der Waals surface area contributed by atoms with Gasteiger partial charge in [0, 0.05) is 7.11 Å². The number of hydrogen-bond acceptors (Lipinski definition) is 2. The Balaban J connectivity index is 1.55. The van der Waals surface area contributed by atoms with E-state index in [1.807, 2.05) is 14.0 Å². The van der Waals surface area contributed by atoms with Crippen molar-refractivity contribution in [2.45, 2.75) is 71.3 Å². The molecule has 0 aromatic rings. The van der Waals surface area contributed by atoms with Crippen LogP contribution in [0.25, 0.3) is 0 Å². The van der Waals surface area contributed by atoms with Crippen LogP contribution < -0.4 is 0 Å². The van der Waals surface area contributed by atoms with Crippen LogP contribution in [0, 0.1) is 29.1 Å². The Morgan fingerprint density at radius 1 is 1.29 bits per heavy atom. The second kappa shape index (κ2) is 6.29. The van der Waals surface area contributed by atoms with Gasteiger partial charge in [-0.15, -0.1) is 0 Å². The van der Waals surface area contributed by atoms with E-state index < -0.39 is 0 Å². The SMILES string of the molecule is COCC1=CCC2=C(CC[C@@H]3[C@@H]2CC[C@]2(C)[C@@H](C(C)O)CC[C@@H]32)C1. The molecule has 0 spiro atoms. The van der Waals surface area contributed by atoms with Gasteiger partial charge in [0.25, 0.3) is 0 Å². The molecule has 2 fully saturated rings. The fourth-order valence-electron chi connectivity index (χ4n) is 7.11. The fourth-order valence-corrected chi connectivity index (χ4v) is 7.11. The van der Waals surface area contributed by atoms with E-state index >= 15 is 0 Å². The zero-order valence-electron chi connectivity index (χ0n) is 15.7. The molecule has 0 aliphatic heterocycles. The maximum atomic E-state index is 10.3. The largest absolute Gasteiger partial charge is 0.393 e. The molecule has 2 heteroatoms. The lowest BCUT2D eigenvalue weighted by molar-refractivity contribution is -0.0263. The summed E-state index contributed by atoms with van der Waals surface area (Å²) in [7, 11) is 1.81. The van der Waals surface area contributed by atoms with Gasteiger partial charge < -0.3 is 9.84 Å². The smallest absolute Gasteiger partial charge is 0.0676 e. The summed E-state index contributed by atoms with van der Waals surface area (Å²) in [4.78, 5) is 0. The van der Waals surface area contributed by atoms with Gasteiger partial charge in [0.2, 0.25) is 0 Å². The van der Waals surface area contributed by atoms with Gasteiger partial charge in [-0.1, -0.05) is 24.1 Å². The molecule has 6 atom stereocenters. The van der Waals surface area contributed by atoms with Gasteiger partial charge in [-0.05, 0) is 93.0 Å². The second-order valence-corrected chi connectivity index (χ2v) is 9.19. The standard InChI is InChI=1S/C22H34O2/c1-14(23)20-8-9-21-19-7-5-16-12-15(13-24-3)4-6-17(16)18(19)10-11-22(20,21)2/h4,14,18-21,23H,5-13H2,1-3H3/t14?,18-,19-,20-,21+,22-/m1/s1. The van der Waals surface area contributed by atoms with Gasteiger partial charge in [-0.3, -0.25) is 0 Å². The van der Waals surface area contributed by atoms with E-state index in [-0.39, 0.29) is 6.10 Å². The quantitative estimate of drug-likeness (QED) is 0.747. The first-order valence-corrected chi connectivity index (χ1v) is 10.1. The number of ether oxygens (including phenoxy) is 1. The molecule has 0 radical (unpaired) electrons. The molecule has 1 unspecified atom stereocenters. The first kappa shape index (κ1) is 16.8. The molecule has 2 nitrogen and oxygen atoms in total. The molecular weight excluding hydrogens is 296 g/mol. The van der Waals surface area contributed by atoms with Crippen LogP contribution in [-0.2, 0) is 4.74 Å². The molecular formula is C22H34O2. The molecule has 0 aromatic carbocycles. The van der Waals surface area contributed by atoms with Crippen molar-refractivity contribution >= 4 is 0 Å². The van der Waals surface area contributed by atoms with E-state index in [2.05, 4.69) is 13.0 Å². The molecule has 0 amide bonds. The Labute approximate surface area is 147 Å². The van der Waals surface area contributed by atoms with Crippen LogP contribution in [0.3, 0.4) is 0 Å². The maximum Gasteiger partial charge on any atom is 0.0676 e. The number of aliphatic hydroxyl groups is 1. The summed E-state index contributed by atoms with van der Waals surface area (Å²) in [5, 5.41) is 10.3. The minimum absolute atomic E-state index is 0.135. The van der Waals surface area contributed by atoms with E-state index in [0.717, 1.165) is 24.4 Å². The first-order chi connectivity index (χ1) is 11.5. The molecule has 4 rings (SSSR count). The molecule has 0 heterocycles. The number of fused-ring (bicyclic) bond motifs is 4. The summed E-state index contributed by atoms with van der Waals surface area (Å²) in [5.74, 6) is 3.08. The normalized spacial score (nSPS) is 42.9. The Morgan fingerprint density at radius 3 is 2.88 bits per heavy atom. The Hall–Kier alpha value is -0.600. The average Bonchev–Trinajstić information content (AvgIpc) is 2.92. The Morgan fingerprint density at radius 2 is 2.12 bits per heavy atom. The summed E-state index contributed by atoms with van der Waals surface area (Å²) in [6.45, 7) is 5.33. The Bertz CT molecular complexity index is 558. The van der Waals surface area contributed by atoms with E-state index in [4.69, 9.17) is 4.74 Å². The molecule has 4 aliphatic carbocycles. The summed E-state index contributed by atoms with van der Waals surface area (Å²) >= 11 is 0. The molecule has 24 heavy (non-hydrogen) atoms. The number of aliphatic hydroxyl groups excluding tert-OH is 1. The fraction of sp³-hybridized carbons (Fsp3) is 0.818. The van der Waals surface area contributed by atoms with Crippen molar-refractivity contribution in [3.63, 3.8) is 0 Å². The van der Waals surface area contributed by atoms with E-state index in [9.17, 15) is 5.11 Å². The van der Waals surface area contributed by atoms with Crippen molar-refractivity contribution in [3.8, 4) is 0 Å². The molecule has 0 aromatic heterocycles. The highest BCUT2D eigenvalue weighted by molar-refractivity contribution is 5.34. The van der Waals surface area contributed by atoms with Crippen molar-refractivity contribution in [2.24, 2.45) is 29.1 Å². The number of methoxy groups -OCH3 is 1. The molecule has 0 bridgehead atoms. The monoisotopic (exact) mass is 330 g/mol. The predicted molar refractivity (Wildman–Crippen MR) is 97.7 cm³/mol. The van der Waals surface area contributed by atoms with Crippen LogP contribution in [0.1, 0.15) is 65.2 Å².